The van der Waals surface area contributed by atoms with Crippen LogP contribution in [0.5, 0.6) is 0 Å². The first-order valence-electron chi connectivity index (χ1n) is 6.84. The molecule has 4 nitrogen and oxygen atoms in total. The number of aromatic nitrogens is 1. The van der Waals surface area contributed by atoms with E-state index in [0.717, 1.165) is 28.0 Å². The van der Waals surface area contributed by atoms with Crippen molar-refractivity contribution in [3.05, 3.63) is 57.8 Å². The van der Waals surface area contributed by atoms with E-state index in [-0.39, 0.29) is 5.91 Å². The molecule has 0 saturated heterocycles. The molecule has 110 valence electrons. The molecular formula is C16H18BrN3O. The van der Waals surface area contributed by atoms with Gasteiger partial charge in [-0.25, -0.2) is 0 Å². The van der Waals surface area contributed by atoms with Crippen LogP contribution < -0.4 is 10.6 Å². The number of nitrogens with one attached hydrogen (secondary N) is 2. The van der Waals surface area contributed by atoms with Crippen LogP contribution in [0, 0.1) is 6.92 Å². The summed E-state index contributed by atoms with van der Waals surface area (Å²) in [6.45, 7) is 5.13. The lowest BCUT2D eigenvalue weighted by atomic mass is 10.1. The van der Waals surface area contributed by atoms with Gasteiger partial charge in [0.05, 0.1) is 11.3 Å². The van der Waals surface area contributed by atoms with Crippen LogP contribution in [0.4, 0.5) is 5.69 Å². The predicted molar refractivity (Wildman–Crippen MR) is 88.4 cm³/mol. The van der Waals surface area contributed by atoms with E-state index in [0.29, 0.717) is 12.1 Å². The highest BCUT2D eigenvalue weighted by molar-refractivity contribution is 9.10. The fraction of sp³-hybridized carbons (Fsp3) is 0.250. The van der Waals surface area contributed by atoms with Gasteiger partial charge in [0, 0.05) is 29.5 Å². The van der Waals surface area contributed by atoms with E-state index < -0.39 is 0 Å². The lowest BCUT2D eigenvalue weighted by molar-refractivity contribution is 0.0951. The van der Waals surface area contributed by atoms with Gasteiger partial charge in [-0.1, -0.05) is 34.1 Å². The van der Waals surface area contributed by atoms with Gasteiger partial charge in [0.2, 0.25) is 0 Å². The third-order valence-corrected chi connectivity index (χ3v) is 3.82. The molecule has 0 aliphatic carbocycles. The Balaban J connectivity index is 2.12. The maximum absolute atomic E-state index is 12.3. The zero-order valence-corrected chi connectivity index (χ0v) is 13.7. The minimum absolute atomic E-state index is 0.130. The van der Waals surface area contributed by atoms with Gasteiger partial charge in [-0.15, -0.1) is 0 Å². The van der Waals surface area contributed by atoms with Gasteiger partial charge in [-0.3, -0.25) is 9.78 Å². The lowest BCUT2D eigenvalue weighted by Gasteiger charge is -2.12. The van der Waals surface area contributed by atoms with Gasteiger partial charge < -0.3 is 10.6 Å². The predicted octanol–water partition coefficient (Wildman–Crippen LogP) is 3.51. The van der Waals surface area contributed by atoms with Crippen molar-refractivity contribution < 1.29 is 4.79 Å². The van der Waals surface area contributed by atoms with Crippen molar-refractivity contribution >= 4 is 27.5 Å². The Kier molecular flexibility index (Phi) is 5.33. The minimum atomic E-state index is -0.130. The minimum Gasteiger partial charge on any atom is -0.385 e. The maximum atomic E-state index is 12.3. The summed E-state index contributed by atoms with van der Waals surface area (Å²) >= 11 is 3.48. The third-order valence-electron chi connectivity index (χ3n) is 3.05. The summed E-state index contributed by atoms with van der Waals surface area (Å²) in [6.07, 6.45) is 1.61. The molecular weight excluding hydrogens is 330 g/mol. The second-order valence-electron chi connectivity index (χ2n) is 4.68. The summed E-state index contributed by atoms with van der Waals surface area (Å²) in [4.78, 5) is 16.5. The molecule has 21 heavy (non-hydrogen) atoms. The average molecular weight is 348 g/mol. The van der Waals surface area contributed by atoms with E-state index in [1.54, 1.807) is 6.20 Å². The SMILES string of the molecule is CCNc1cc(C)ncc1C(=O)NCc1ccccc1Br. The quantitative estimate of drug-likeness (QED) is 0.869. The van der Waals surface area contributed by atoms with Crippen LogP contribution in [0.1, 0.15) is 28.5 Å². The van der Waals surface area contributed by atoms with Crippen molar-refractivity contribution in [2.45, 2.75) is 20.4 Å². The van der Waals surface area contributed by atoms with E-state index in [9.17, 15) is 4.79 Å². The number of rotatable bonds is 5. The second kappa shape index (κ2) is 7.22. The molecule has 1 aromatic carbocycles. The molecule has 0 saturated carbocycles. The highest BCUT2D eigenvalue weighted by Crippen LogP contribution is 2.18. The molecule has 1 aromatic heterocycles. The number of halogens is 1. The van der Waals surface area contributed by atoms with Crippen molar-refractivity contribution in [2.24, 2.45) is 0 Å². The van der Waals surface area contributed by atoms with Gasteiger partial charge in [0.25, 0.3) is 5.91 Å². The Hall–Kier alpha value is -1.88. The van der Waals surface area contributed by atoms with E-state index in [1.165, 1.54) is 0 Å². The van der Waals surface area contributed by atoms with Crippen molar-refractivity contribution in [1.29, 1.82) is 0 Å². The number of hydrogen-bond acceptors (Lipinski definition) is 3. The number of pyridine rings is 1. The number of carbonyl (C=O) groups excluding carboxylic acids is 1. The number of benzene rings is 1. The van der Waals surface area contributed by atoms with Crippen LogP contribution in [-0.2, 0) is 6.54 Å². The van der Waals surface area contributed by atoms with Crippen molar-refractivity contribution in [1.82, 2.24) is 10.3 Å². The van der Waals surface area contributed by atoms with Crippen molar-refractivity contribution in [3.63, 3.8) is 0 Å². The largest absolute Gasteiger partial charge is 0.385 e. The molecule has 0 atom stereocenters. The van der Waals surface area contributed by atoms with Gasteiger partial charge in [-0.05, 0) is 31.5 Å². The fourth-order valence-electron chi connectivity index (χ4n) is 1.99. The molecule has 2 N–H and O–H groups in total. The summed E-state index contributed by atoms with van der Waals surface area (Å²) in [5, 5.41) is 6.12. The summed E-state index contributed by atoms with van der Waals surface area (Å²) < 4.78 is 0.985. The molecule has 0 aliphatic heterocycles. The zero-order valence-electron chi connectivity index (χ0n) is 12.1. The van der Waals surface area contributed by atoms with Crippen molar-refractivity contribution in [2.75, 3.05) is 11.9 Å². The van der Waals surface area contributed by atoms with Crippen LogP contribution in [0.3, 0.4) is 0 Å². The van der Waals surface area contributed by atoms with Crippen LogP contribution in [0.2, 0.25) is 0 Å². The highest BCUT2D eigenvalue weighted by atomic mass is 79.9. The van der Waals surface area contributed by atoms with E-state index in [4.69, 9.17) is 0 Å². The number of anilines is 1. The van der Waals surface area contributed by atoms with E-state index in [2.05, 4.69) is 31.5 Å². The lowest BCUT2D eigenvalue weighted by Crippen LogP contribution is -2.24. The fourth-order valence-corrected chi connectivity index (χ4v) is 2.41. The molecule has 0 fully saturated rings. The van der Waals surface area contributed by atoms with Gasteiger partial charge in [0.1, 0.15) is 0 Å². The van der Waals surface area contributed by atoms with Crippen LogP contribution in [-0.4, -0.2) is 17.4 Å². The maximum Gasteiger partial charge on any atom is 0.255 e. The molecule has 1 amide bonds. The third kappa shape index (κ3) is 4.04. The topological polar surface area (TPSA) is 54.0 Å². The monoisotopic (exact) mass is 347 g/mol. The average Bonchev–Trinajstić information content (AvgIpc) is 2.46. The summed E-state index contributed by atoms with van der Waals surface area (Å²) in [6, 6.07) is 9.71. The Morgan fingerprint density at radius 1 is 1.33 bits per heavy atom. The Morgan fingerprint density at radius 2 is 2.10 bits per heavy atom. The molecule has 0 aliphatic rings. The Morgan fingerprint density at radius 3 is 2.81 bits per heavy atom. The molecule has 1 heterocycles. The summed E-state index contributed by atoms with van der Waals surface area (Å²) in [7, 11) is 0. The highest BCUT2D eigenvalue weighted by Gasteiger charge is 2.12. The number of aryl methyl sites for hydroxylation is 1. The number of carbonyl (C=O) groups is 1. The molecule has 0 spiro atoms. The molecule has 2 rings (SSSR count). The molecule has 2 aromatic rings. The second-order valence-corrected chi connectivity index (χ2v) is 5.53. The van der Waals surface area contributed by atoms with Crippen LogP contribution >= 0.6 is 15.9 Å². The number of amides is 1. The van der Waals surface area contributed by atoms with Gasteiger partial charge in [0.15, 0.2) is 0 Å². The summed E-state index contributed by atoms with van der Waals surface area (Å²) in [5.74, 6) is -0.130. The summed E-state index contributed by atoms with van der Waals surface area (Å²) in [5.41, 5.74) is 3.30. The molecule has 5 heteroatoms. The first-order chi connectivity index (χ1) is 10.1. The van der Waals surface area contributed by atoms with E-state index >= 15 is 0 Å². The first kappa shape index (κ1) is 15.5. The van der Waals surface area contributed by atoms with Crippen LogP contribution in [0.15, 0.2) is 41.0 Å². The molecule has 0 radical (unpaired) electrons. The molecule has 0 unspecified atom stereocenters. The Bertz CT molecular complexity index is 643. The number of nitrogens with zero attached hydrogens (tertiary/aromatic N) is 1. The van der Waals surface area contributed by atoms with Gasteiger partial charge >= 0.3 is 0 Å². The molecule has 0 bridgehead atoms. The van der Waals surface area contributed by atoms with Crippen molar-refractivity contribution in [3.8, 4) is 0 Å². The first-order valence-corrected chi connectivity index (χ1v) is 7.63. The van der Waals surface area contributed by atoms with Crippen LogP contribution in [0.25, 0.3) is 0 Å². The zero-order chi connectivity index (χ0) is 15.2. The normalized spacial score (nSPS) is 10.2. The van der Waals surface area contributed by atoms with Gasteiger partial charge in [-0.2, -0.15) is 0 Å². The number of hydrogen-bond donors (Lipinski definition) is 2. The standard InChI is InChI=1S/C16H18BrN3O/c1-3-18-15-8-11(2)19-10-13(15)16(21)20-9-12-6-4-5-7-14(12)17/h4-8,10H,3,9H2,1-2H3,(H,18,19)(H,20,21). The van der Waals surface area contributed by atoms with E-state index in [1.807, 2.05) is 44.2 Å². The smallest absolute Gasteiger partial charge is 0.255 e. The Labute approximate surface area is 133 Å².